The molecule has 1 heterocycles. The molecule has 0 aromatic heterocycles. The highest BCUT2D eigenvalue weighted by Gasteiger charge is 2.40. The minimum atomic E-state index is -4.39. The molecule has 7 heteroatoms. The first-order valence-electron chi connectivity index (χ1n) is 6.11. The van der Waals surface area contributed by atoms with Crippen LogP contribution in [0.3, 0.4) is 0 Å². The summed E-state index contributed by atoms with van der Waals surface area (Å²) in [5.74, 6) is 0.177. The van der Waals surface area contributed by atoms with Crippen molar-refractivity contribution in [3.8, 4) is 5.75 Å². The van der Waals surface area contributed by atoms with Crippen LogP contribution in [-0.2, 0) is 4.79 Å². The minimum Gasteiger partial charge on any atom is -0.494 e. The monoisotopic (exact) mass is 305 g/mol. The minimum absolute atomic E-state index is 0.0691. The highest BCUT2D eigenvalue weighted by atomic mass is 32.2. The Hall–Kier alpha value is -1.37. The Morgan fingerprint density at radius 3 is 2.85 bits per heavy atom. The Kier molecular flexibility index (Phi) is 4.47. The predicted octanol–water partition coefficient (Wildman–Crippen LogP) is 3.22. The number of alkyl halides is 3. The Bertz CT molecular complexity index is 493. The van der Waals surface area contributed by atoms with Crippen LogP contribution in [0.5, 0.6) is 5.75 Å². The molecule has 1 aromatic rings. The molecule has 0 radical (unpaired) electrons. The van der Waals surface area contributed by atoms with Gasteiger partial charge in [0.1, 0.15) is 17.7 Å². The van der Waals surface area contributed by atoms with Gasteiger partial charge in [-0.1, -0.05) is 12.1 Å². The van der Waals surface area contributed by atoms with Gasteiger partial charge >= 0.3 is 6.18 Å². The molecule has 0 saturated carbocycles. The molecule has 110 valence electrons. The summed E-state index contributed by atoms with van der Waals surface area (Å²) in [6.45, 7) is 1.09. The number of hydrogen-bond donors (Lipinski definition) is 0. The molecule has 0 aliphatic carbocycles. The van der Waals surface area contributed by atoms with Crippen LogP contribution in [0, 0.1) is 0 Å². The van der Waals surface area contributed by atoms with Crippen LogP contribution in [0.4, 0.5) is 13.2 Å². The predicted molar refractivity (Wildman–Crippen MR) is 70.6 cm³/mol. The van der Waals surface area contributed by atoms with Gasteiger partial charge in [0.25, 0.3) is 0 Å². The average molecular weight is 305 g/mol. The number of carbonyl (C=O) groups is 1. The third-order valence-corrected chi connectivity index (χ3v) is 4.03. The molecule has 20 heavy (non-hydrogen) atoms. The maximum absolute atomic E-state index is 12.5. The fraction of sp³-hybridized carbons (Fsp3) is 0.462. The van der Waals surface area contributed by atoms with Crippen LogP contribution < -0.4 is 4.74 Å². The number of halogens is 3. The quantitative estimate of drug-likeness (QED) is 0.855. The van der Waals surface area contributed by atoms with Gasteiger partial charge in [-0.2, -0.15) is 13.2 Å². The number of rotatable bonds is 4. The largest absolute Gasteiger partial charge is 0.494 e. The van der Waals surface area contributed by atoms with Crippen molar-refractivity contribution >= 4 is 17.7 Å². The highest BCUT2D eigenvalue weighted by Crippen LogP contribution is 2.40. The molecule has 1 atom stereocenters. The first-order valence-corrected chi connectivity index (χ1v) is 7.16. The molecular weight excluding hydrogens is 291 g/mol. The number of hydrogen-bond acceptors (Lipinski definition) is 3. The van der Waals surface area contributed by atoms with Crippen molar-refractivity contribution in [2.75, 3.05) is 18.9 Å². The van der Waals surface area contributed by atoms with E-state index >= 15 is 0 Å². The zero-order valence-electron chi connectivity index (χ0n) is 10.8. The van der Waals surface area contributed by atoms with E-state index in [4.69, 9.17) is 4.74 Å². The standard InChI is InChI=1S/C13H14F3NO2S/c1-2-19-10-5-3-4-9(6-10)12-17(8-13(14,15)16)11(18)7-20-12/h3-6,12H,2,7-8H2,1H3. The van der Waals surface area contributed by atoms with E-state index in [1.54, 1.807) is 24.3 Å². The highest BCUT2D eigenvalue weighted by molar-refractivity contribution is 8.00. The van der Waals surface area contributed by atoms with Crippen LogP contribution in [0.2, 0.25) is 0 Å². The van der Waals surface area contributed by atoms with E-state index in [1.807, 2.05) is 6.92 Å². The van der Waals surface area contributed by atoms with Crippen molar-refractivity contribution < 1.29 is 22.7 Å². The van der Waals surface area contributed by atoms with Crippen molar-refractivity contribution in [3.63, 3.8) is 0 Å². The van der Waals surface area contributed by atoms with Crippen molar-refractivity contribution in [2.24, 2.45) is 0 Å². The summed E-state index contributed by atoms with van der Waals surface area (Å²) in [6.07, 6.45) is -4.39. The topological polar surface area (TPSA) is 29.5 Å². The normalized spacial score (nSPS) is 19.5. The van der Waals surface area contributed by atoms with Crippen molar-refractivity contribution in [2.45, 2.75) is 18.5 Å². The van der Waals surface area contributed by atoms with Gasteiger partial charge in [0.05, 0.1) is 12.4 Å². The van der Waals surface area contributed by atoms with Gasteiger partial charge < -0.3 is 9.64 Å². The second kappa shape index (κ2) is 5.95. The molecule has 2 rings (SSSR count). The number of amides is 1. The van der Waals surface area contributed by atoms with E-state index < -0.39 is 24.0 Å². The van der Waals surface area contributed by atoms with E-state index in [9.17, 15) is 18.0 Å². The molecule has 0 bridgehead atoms. The van der Waals surface area contributed by atoms with Crippen molar-refractivity contribution in [1.82, 2.24) is 4.90 Å². The second-order valence-corrected chi connectivity index (χ2v) is 5.37. The Balaban J connectivity index is 2.21. The molecule has 3 nitrogen and oxygen atoms in total. The Morgan fingerprint density at radius 2 is 2.20 bits per heavy atom. The van der Waals surface area contributed by atoms with E-state index in [0.717, 1.165) is 4.90 Å². The second-order valence-electron chi connectivity index (χ2n) is 4.31. The lowest BCUT2D eigenvalue weighted by Crippen LogP contribution is -2.37. The molecular formula is C13H14F3NO2S. The fourth-order valence-electron chi connectivity index (χ4n) is 2.02. The van der Waals surface area contributed by atoms with Crippen LogP contribution in [0.15, 0.2) is 24.3 Å². The number of ether oxygens (including phenoxy) is 1. The number of benzene rings is 1. The molecule has 1 aromatic carbocycles. The Labute approximate surface area is 119 Å². The van der Waals surface area contributed by atoms with Gasteiger partial charge in [-0.3, -0.25) is 4.79 Å². The fourth-order valence-corrected chi connectivity index (χ4v) is 3.20. The third kappa shape index (κ3) is 3.59. The van der Waals surface area contributed by atoms with E-state index in [1.165, 1.54) is 11.8 Å². The summed E-state index contributed by atoms with van der Waals surface area (Å²) in [7, 11) is 0. The lowest BCUT2D eigenvalue weighted by atomic mass is 10.2. The number of nitrogens with zero attached hydrogens (tertiary/aromatic N) is 1. The van der Waals surface area contributed by atoms with Gasteiger partial charge in [0.2, 0.25) is 5.91 Å². The summed E-state index contributed by atoms with van der Waals surface area (Å²) in [5.41, 5.74) is 0.649. The lowest BCUT2D eigenvalue weighted by Gasteiger charge is -2.25. The van der Waals surface area contributed by atoms with Gasteiger partial charge in [0, 0.05) is 0 Å². The van der Waals surface area contributed by atoms with Gasteiger partial charge in [-0.15, -0.1) is 11.8 Å². The zero-order chi connectivity index (χ0) is 14.8. The number of carbonyl (C=O) groups excluding carboxylic acids is 1. The molecule has 0 N–H and O–H groups in total. The van der Waals surface area contributed by atoms with E-state index in [-0.39, 0.29) is 5.75 Å². The zero-order valence-corrected chi connectivity index (χ0v) is 11.6. The Morgan fingerprint density at radius 1 is 1.45 bits per heavy atom. The van der Waals surface area contributed by atoms with Crippen LogP contribution in [0.25, 0.3) is 0 Å². The molecule has 1 saturated heterocycles. The smallest absolute Gasteiger partial charge is 0.406 e. The van der Waals surface area contributed by atoms with Gasteiger partial charge in [0.15, 0.2) is 0 Å². The van der Waals surface area contributed by atoms with E-state index in [0.29, 0.717) is 17.9 Å². The van der Waals surface area contributed by atoms with Gasteiger partial charge in [-0.25, -0.2) is 0 Å². The summed E-state index contributed by atoms with van der Waals surface area (Å²) < 4.78 is 43.0. The number of thioether (sulfide) groups is 1. The van der Waals surface area contributed by atoms with Crippen molar-refractivity contribution in [1.29, 1.82) is 0 Å². The summed E-state index contributed by atoms with van der Waals surface area (Å²) in [4.78, 5) is 12.5. The molecule has 1 aliphatic rings. The summed E-state index contributed by atoms with van der Waals surface area (Å²) in [6, 6.07) is 6.85. The average Bonchev–Trinajstić information content (AvgIpc) is 2.70. The molecule has 0 spiro atoms. The molecule has 1 aliphatic heterocycles. The molecule has 1 amide bonds. The first-order chi connectivity index (χ1) is 9.40. The lowest BCUT2D eigenvalue weighted by molar-refractivity contribution is -0.159. The van der Waals surface area contributed by atoms with Crippen LogP contribution in [0.1, 0.15) is 17.9 Å². The molecule has 1 fully saturated rings. The van der Waals surface area contributed by atoms with E-state index in [2.05, 4.69) is 0 Å². The maximum atomic E-state index is 12.5. The summed E-state index contributed by atoms with van der Waals surface area (Å²) in [5, 5.41) is -0.607. The SMILES string of the molecule is CCOc1cccc(C2SCC(=O)N2CC(F)(F)F)c1. The third-order valence-electron chi connectivity index (χ3n) is 2.77. The first kappa shape index (κ1) is 15.0. The van der Waals surface area contributed by atoms with Crippen molar-refractivity contribution in [3.05, 3.63) is 29.8 Å². The van der Waals surface area contributed by atoms with Gasteiger partial charge in [-0.05, 0) is 24.6 Å². The summed E-state index contributed by atoms with van der Waals surface area (Å²) >= 11 is 1.20. The van der Waals surface area contributed by atoms with Crippen LogP contribution >= 0.6 is 11.8 Å². The van der Waals surface area contributed by atoms with Crippen LogP contribution in [-0.4, -0.2) is 35.9 Å². The molecule has 1 unspecified atom stereocenters. The maximum Gasteiger partial charge on any atom is 0.406 e.